The number of benzene rings is 1. The predicted octanol–water partition coefficient (Wildman–Crippen LogP) is 3.96. The summed E-state index contributed by atoms with van der Waals surface area (Å²) < 4.78 is 11.4. The van der Waals surface area contributed by atoms with E-state index in [-0.39, 0.29) is 17.7 Å². The smallest absolute Gasteiger partial charge is 0.283 e. The molecule has 5 heterocycles. The molecule has 0 radical (unpaired) electrons. The first-order valence-corrected chi connectivity index (χ1v) is 11.5. The minimum Gasteiger partial charge on any atom is -0.467 e. The Morgan fingerprint density at radius 2 is 1.91 bits per heavy atom. The molecule has 8 nitrogen and oxygen atoms in total. The van der Waals surface area contributed by atoms with Gasteiger partial charge in [-0.1, -0.05) is 29.5 Å². The molecule has 0 atom stereocenters. The summed E-state index contributed by atoms with van der Waals surface area (Å²) in [5.41, 5.74) is 2.45. The van der Waals surface area contributed by atoms with Gasteiger partial charge in [-0.3, -0.25) is 19.3 Å². The Morgan fingerprint density at radius 1 is 1.03 bits per heavy atom. The van der Waals surface area contributed by atoms with Gasteiger partial charge >= 0.3 is 0 Å². The van der Waals surface area contributed by atoms with Crippen LogP contribution in [0.4, 0.5) is 0 Å². The van der Waals surface area contributed by atoms with Crippen LogP contribution in [0.5, 0.6) is 0 Å². The summed E-state index contributed by atoms with van der Waals surface area (Å²) in [6.45, 7) is 2.41. The van der Waals surface area contributed by atoms with Crippen molar-refractivity contribution >= 4 is 32.5 Å². The average molecular weight is 470 g/mol. The molecule has 0 saturated heterocycles. The Bertz CT molecular complexity index is 1730. The summed E-state index contributed by atoms with van der Waals surface area (Å²) in [6.07, 6.45) is 5.03. The summed E-state index contributed by atoms with van der Waals surface area (Å²) >= 11 is 1.44. The number of thiazole rings is 1. The molecule has 0 spiro atoms. The lowest BCUT2D eigenvalue weighted by Gasteiger charge is -2.12. The molecule has 9 heteroatoms. The average Bonchev–Trinajstić information content (AvgIpc) is 3.56. The molecule has 0 amide bonds. The number of hydrogen-bond acceptors (Lipinski definition) is 6. The summed E-state index contributed by atoms with van der Waals surface area (Å²) in [7, 11) is 0. The van der Waals surface area contributed by atoms with Crippen LogP contribution in [-0.2, 0) is 13.1 Å². The fraction of sp³-hybridized carbons (Fsp3) is 0.120. The third kappa shape index (κ3) is 3.29. The lowest BCUT2D eigenvalue weighted by molar-refractivity contribution is 0.487. The van der Waals surface area contributed by atoms with Crippen molar-refractivity contribution in [3.05, 3.63) is 111 Å². The van der Waals surface area contributed by atoms with Crippen molar-refractivity contribution in [2.24, 2.45) is 0 Å². The van der Waals surface area contributed by atoms with E-state index in [0.29, 0.717) is 34.0 Å². The molecule has 6 rings (SSSR count). The molecular formula is C25H19N5O3S. The van der Waals surface area contributed by atoms with Gasteiger partial charge in [-0.25, -0.2) is 4.98 Å². The van der Waals surface area contributed by atoms with Crippen LogP contribution in [0.1, 0.15) is 17.0 Å². The zero-order chi connectivity index (χ0) is 23.2. The van der Waals surface area contributed by atoms with Gasteiger partial charge in [0.1, 0.15) is 5.76 Å². The monoisotopic (exact) mass is 469 g/mol. The lowest BCUT2D eigenvalue weighted by atomic mass is 10.2. The number of para-hydroxylation sites is 1. The van der Waals surface area contributed by atoms with Crippen LogP contribution >= 0.6 is 11.3 Å². The minimum absolute atomic E-state index is 0.206. The zero-order valence-electron chi connectivity index (χ0n) is 18.2. The van der Waals surface area contributed by atoms with Crippen LogP contribution in [0, 0.1) is 6.92 Å². The zero-order valence-corrected chi connectivity index (χ0v) is 19.0. The van der Waals surface area contributed by atoms with Crippen molar-refractivity contribution < 1.29 is 4.42 Å². The van der Waals surface area contributed by atoms with Gasteiger partial charge in [-0.05, 0) is 42.8 Å². The Morgan fingerprint density at radius 3 is 2.68 bits per heavy atom. The van der Waals surface area contributed by atoms with Crippen LogP contribution < -0.4 is 11.1 Å². The lowest BCUT2D eigenvalue weighted by Crippen LogP contribution is -2.23. The highest BCUT2D eigenvalue weighted by Gasteiger charge is 2.22. The number of rotatable bonds is 5. The second-order valence-electron chi connectivity index (χ2n) is 7.99. The molecule has 0 N–H and O–H groups in total. The number of furan rings is 1. The fourth-order valence-electron chi connectivity index (χ4n) is 4.26. The van der Waals surface area contributed by atoms with Gasteiger partial charge in [-0.15, -0.1) is 0 Å². The van der Waals surface area contributed by atoms with E-state index in [4.69, 9.17) is 9.40 Å². The highest BCUT2D eigenvalue weighted by molar-refractivity contribution is 7.20. The summed E-state index contributed by atoms with van der Waals surface area (Å²) in [4.78, 5) is 35.9. The molecule has 168 valence electrons. The number of hydrogen-bond donors (Lipinski definition) is 0. The van der Waals surface area contributed by atoms with Crippen LogP contribution in [0.15, 0.2) is 87.3 Å². The van der Waals surface area contributed by atoms with Gasteiger partial charge in [-0.2, -0.15) is 4.68 Å². The van der Waals surface area contributed by atoms with Crippen LogP contribution in [0.2, 0.25) is 0 Å². The van der Waals surface area contributed by atoms with E-state index in [0.717, 1.165) is 15.8 Å². The van der Waals surface area contributed by atoms with Gasteiger partial charge in [0.25, 0.3) is 11.1 Å². The van der Waals surface area contributed by atoms with Crippen LogP contribution in [0.25, 0.3) is 26.3 Å². The Hall–Kier alpha value is -4.24. The molecule has 0 unspecified atom stereocenters. The van der Waals surface area contributed by atoms with Gasteiger partial charge in [0.2, 0.25) is 5.13 Å². The van der Waals surface area contributed by atoms with E-state index in [1.54, 1.807) is 40.9 Å². The van der Waals surface area contributed by atoms with E-state index in [9.17, 15) is 9.59 Å². The maximum Gasteiger partial charge on any atom is 0.283 e. The van der Waals surface area contributed by atoms with Gasteiger partial charge in [0, 0.05) is 24.2 Å². The number of aromatic nitrogens is 5. The van der Waals surface area contributed by atoms with Crippen molar-refractivity contribution in [1.29, 1.82) is 0 Å². The summed E-state index contributed by atoms with van der Waals surface area (Å²) in [5.74, 6) is 0.644. The van der Waals surface area contributed by atoms with Crippen molar-refractivity contribution in [2.75, 3.05) is 0 Å². The first-order chi connectivity index (χ1) is 16.6. The largest absolute Gasteiger partial charge is 0.467 e. The van der Waals surface area contributed by atoms with Crippen molar-refractivity contribution in [2.45, 2.75) is 20.0 Å². The molecule has 0 bridgehead atoms. The van der Waals surface area contributed by atoms with E-state index in [1.165, 1.54) is 17.4 Å². The van der Waals surface area contributed by atoms with Crippen LogP contribution in [-0.4, -0.2) is 23.9 Å². The number of aryl methyl sites for hydroxylation is 1. The normalized spacial score (nSPS) is 11.6. The highest BCUT2D eigenvalue weighted by Crippen LogP contribution is 2.26. The third-order valence-electron chi connectivity index (χ3n) is 5.89. The first-order valence-electron chi connectivity index (χ1n) is 10.7. The molecule has 0 fully saturated rings. The van der Waals surface area contributed by atoms with Crippen molar-refractivity contribution in [3.8, 4) is 5.13 Å². The minimum atomic E-state index is -0.219. The Labute approximate surface area is 197 Å². The number of pyridine rings is 2. The topological polar surface area (TPSA) is 87.9 Å². The van der Waals surface area contributed by atoms with E-state index >= 15 is 0 Å². The molecule has 34 heavy (non-hydrogen) atoms. The van der Waals surface area contributed by atoms with E-state index in [2.05, 4.69) is 4.98 Å². The first kappa shape index (κ1) is 20.4. The van der Waals surface area contributed by atoms with Gasteiger partial charge < -0.3 is 8.98 Å². The Balaban J connectivity index is 1.64. The number of fused-ring (bicyclic) bond motifs is 2. The maximum absolute atomic E-state index is 13.9. The van der Waals surface area contributed by atoms with Gasteiger partial charge in [0.15, 0.2) is 0 Å². The van der Waals surface area contributed by atoms with Gasteiger partial charge in [0.05, 0.1) is 40.5 Å². The number of nitrogens with zero attached hydrogens (tertiary/aromatic N) is 5. The van der Waals surface area contributed by atoms with Crippen molar-refractivity contribution in [3.63, 3.8) is 0 Å². The molecule has 1 aromatic carbocycles. The Kier molecular flexibility index (Phi) is 4.77. The summed E-state index contributed by atoms with van der Waals surface area (Å²) in [5, 5.41) is 1.03. The molecular weight excluding hydrogens is 450 g/mol. The standard InChI is InChI=1S/C25H19N5O3S/c1-16-23-20(12-22(31)28(16)15-18-7-5-11-33-18)29(14-17-6-4-10-26-13-17)30(24(23)32)25-27-19-8-2-3-9-21(19)34-25/h2-13H,14-15H2,1H3. The highest BCUT2D eigenvalue weighted by atomic mass is 32.1. The van der Waals surface area contributed by atoms with Crippen molar-refractivity contribution in [1.82, 2.24) is 23.9 Å². The molecule has 6 aromatic rings. The molecule has 0 saturated carbocycles. The second kappa shape index (κ2) is 7.96. The van der Waals surface area contributed by atoms with Crippen LogP contribution in [0.3, 0.4) is 0 Å². The quantitative estimate of drug-likeness (QED) is 0.381. The molecule has 0 aliphatic heterocycles. The third-order valence-corrected chi connectivity index (χ3v) is 6.90. The summed E-state index contributed by atoms with van der Waals surface area (Å²) in [6, 6.07) is 16.7. The fourth-order valence-corrected chi connectivity index (χ4v) is 5.23. The SMILES string of the molecule is Cc1c2c(=O)n(-c3nc4ccccc4s3)n(Cc3cccnc3)c2cc(=O)n1Cc1ccco1. The molecule has 0 aliphatic carbocycles. The van der Waals surface area contributed by atoms with E-state index < -0.39 is 0 Å². The predicted molar refractivity (Wildman–Crippen MR) is 131 cm³/mol. The molecule has 5 aromatic heterocycles. The van der Waals surface area contributed by atoms with E-state index in [1.807, 2.05) is 47.1 Å². The molecule has 0 aliphatic rings. The maximum atomic E-state index is 13.9. The second-order valence-corrected chi connectivity index (χ2v) is 9.00.